The lowest BCUT2D eigenvalue weighted by atomic mass is 10.1. The summed E-state index contributed by atoms with van der Waals surface area (Å²) in [6.07, 6.45) is 1.72. The molecule has 4 heteroatoms. The fourth-order valence-corrected chi connectivity index (χ4v) is 2.29. The predicted octanol–water partition coefficient (Wildman–Crippen LogP) is 3.89. The van der Waals surface area contributed by atoms with Gasteiger partial charge in [0.25, 0.3) is 5.91 Å². The molecule has 0 bridgehead atoms. The van der Waals surface area contributed by atoms with Crippen LogP contribution in [0.25, 0.3) is 10.9 Å². The highest BCUT2D eigenvalue weighted by atomic mass is 16.5. The molecule has 0 saturated carbocycles. The van der Waals surface area contributed by atoms with Gasteiger partial charge in [-0.3, -0.25) is 9.78 Å². The van der Waals surface area contributed by atoms with Crippen LogP contribution in [-0.2, 0) is 0 Å². The van der Waals surface area contributed by atoms with Gasteiger partial charge in [0, 0.05) is 17.1 Å². The Hall–Kier alpha value is -2.88. The molecule has 1 amide bonds. The molecular formula is C18H16N2O2. The van der Waals surface area contributed by atoms with Crippen LogP contribution in [0, 0.1) is 0 Å². The first kappa shape index (κ1) is 14.1. The van der Waals surface area contributed by atoms with Crippen LogP contribution in [0.5, 0.6) is 5.75 Å². The zero-order valence-electron chi connectivity index (χ0n) is 12.2. The maximum atomic E-state index is 12.4. The standard InChI is InChI=1S/C18H16N2O2/c1-2-22-15-9-3-7-14(12-15)18(21)20-16-10-4-6-13-8-5-11-19-17(13)16/h3-12H,2H2,1H3,(H,20,21). The Balaban J connectivity index is 1.88. The maximum Gasteiger partial charge on any atom is 0.255 e. The molecule has 1 heterocycles. The van der Waals surface area contributed by atoms with Crippen LogP contribution in [0.4, 0.5) is 5.69 Å². The molecule has 0 fully saturated rings. The highest BCUT2D eigenvalue weighted by Gasteiger charge is 2.09. The van der Waals surface area contributed by atoms with Crippen molar-refractivity contribution in [3.05, 3.63) is 66.4 Å². The molecule has 1 aromatic heterocycles. The summed E-state index contributed by atoms with van der Waals surface area (Å²) in [7, 11) is 0. The first-order valence-electron chi connectivity index (χ1n) is 7.16. The Labute approximate surface area is 128 Å². The van der Waals surface area contributed by atoms with E-state index in [1.807, 2.05) is 43.3 Å². The number of nitrogens with zero attached hydrogens (tertiary/aromatic N) is 1. The number of para-hydroxylation sites is 1. The van der Waals surface area contributed by atoms with Gasteiger partial charge in [-0.1, -0.05) is 24.3 Å². The summed E-state index contributed by atoms with van der Waals surface area (Å²) in [5.41, 5.74) is 2.03. The third kappa shape index (κ3) is 2.91. The minimum atomic E-state index is -0.181. The van der Waals surface area contributed by atoms with Crippen molar-refractivity contribution in [1.29, 1.82) is 0 Å². The number of carbonyl (C=O) groups excluding carboxylic acids is 1. The van der Waals surface area contributed by atoms with E-state index < -0.39 is 0 Å². The quantitative estimate of drug-likeness (QED) is 0.793. The Morgan fingerprint density at radius 3 is 2.82 bits per heavy atom. The SMILES string of the molecule is CCOc1cccc(C(=O)Nc2cccc3cccnc23)c1. The number of carbonyl (C=O) groups is 1. The Morgan fingerprint density at radius 2 is 1.95 bits per heavy atom. The van der Waals surface area contributed by atoms with Crippen molar-refractivity contribution in [2.24, 2.45) is 0 Å². The van der Waals surface area contributed by atoms with E-state index in [1.54, 1.807) is 24.4 Å². The molecule has 3 aromatic rings. The lowest BCUT2D eigenvalue weighted by molar-refractivity contribution is 0.102. The van der Waals surface area contributed by atoms with Crippen LogP contribution in [0.15, 0.2) is 60.8 Å². The average Bonchev–Trinajstić information content (AvgIpc) is 2.56. The summed E-state index contributed by atoms with van der Waals surface area (Å²) in [5, 5.41) is 3.90. The van der Waals surface area contributed by atoms with E-state index in [1.165, 1.54) is 0 Å². The van der Waals surface area contributed by atoms with Gasteiger partial charge in [0.15, 0.2) is 0 Å². The zero-order valence-corrected chi connectivity index (χ0v) is 12.2. The van der Waals surface area contributed by atoms with Crippen LogP contribution in [0.1, 0.15) is 17.3 Å². The van der Waals surface area contributed by atoms with Crippen LogP contribution >= 0.6 is 0 Å². The number of rotatable bonds is 4. The number of fused-ring (bicyclic) bond motifs is 1. The van der Waals surface area contributed by atoms with Gasteiger partial charge in [-0.25, -0.2) is 0 Å². The van der Waals surface area contributed by atoms with E-state index in [4.69, 9.17) is 4.74 Å². The summed E-state index contributed by atoms with van der Waals surface area (Å²) in [6, 6.07) is 16.7. The number of nitrogens with one attached hydrogen (secondary N) is 1. The van der Waals surface area contributed by atoms with Crippen LogP contribution in [-0.4, -0.2) is 17.5 Å². The molecule has 0 saturated heterocycles. The van der Waals surface area contributed by atoms with Crippen molar-refractivity contribution in [3.63, 3.8) is 0 Å². The van der Waals surface area contributed by atoms with Crippen molar-refractivity contribution < 1.29 is 9.53 Å². The first-order valence-corrected chi connectivity index (χ1v) is 7.16. The number of benzene rings is 2. The second-order valence-electron chi connectivity index (χ2n) is 4.80. The summed E-state index contributed by atoms with van der Waals surface area (Å²) in [6.45, 7) is 2.48. The largest absolute Gasteiger partial charge is 0.494 e. The van der Waals surface area contributed by atoms with Gasteiger partial charge in [0.1, 0.15) is 5.75 Å². The molecule has 2 aromatic carbocycles. The highest BCUT2D eigenvalue weighted by Crippen LogP contribution is 2.22. The lowest BCUT2D eigenvalue weighted by Gasteiger charge is -2.09. The molecule has 0 radical (unpaired) electrons. The number of hydrogen-bond acceptors (Lipinski definition) is 3. The van der Waals surface area contributed by atoms with Gasteiger partial charge in [-0.2, -0.15) is 0 Å². The third-order valence-corrected chi connectivity index (χ3v) is 3.29. The fraction of sp³-hybridized carbons (Fsp3) is 0.111. The van der Waals surface area contributed by atoms with E-state index >= 15 is 0 Å². The molecule has 3 rings (SSSR count). The number of pyridine rings is 1. The van der Waals surface area contributed by atoms with Crippen molar-refractivity contribution >= 4 is 22.5 Å². The van der Waals surface area contributed by atoms with Gasteiger partial charge >= 0.3 is 0 Å². The zero-order chi connectivity index (χ0) is 15.4. The Morgan fingerprint density at radius 1 is 1.14 bits per heavy atom. The third-order valence-electron chi connectivity index (χ3n) is 3.29. The maximum absolute atomic E-state index is 12.4. The molecular weight excluding hydrogens is 276 g/mol. The fourth-order valence-electron chi connectivity index (χ4n) is 2.29. The first-order chi connectivity index (χ1) is 10.8. The summed E-state index contributed by atoms with van der Waals surface area (Å²) < 4.78 is 5.42. The van der Waals surface area contributed by atoms with Gasteiger partial charge in [-0.05, 0) is 37.3 Å². The minimum Gasteiger partial charge on any atom is -0.494 e. The van der Waals surface area contributed by atoms with Crippen molar-refractivity contribution in [2.75, 3.05) is 11.9 Å². The number of amides is 1. The second kappa shape index (κ2) is 6.26. The van der Waals surface area contributed by atoms with Crippen LogP contribution < -0.4 is 10.1 Å². The van der Waals surface area contributed by atoms with Crippen molar-refractivity contribution in [3.8, 4) is 5.75 Å². The smallest absolute Gasteiger partial charge is 0.255 e. The van der Waals surface area contributed by atoms with Crippen LogP contribution in [0.2, 0.25) is 0 Å². The normalized spacial score (nSPS) is 10.4. The molecule has 0 aliphatic carbocycles. The lowest BCUT2D eigenvalue weighted by Crippen LogP contribution is -2.12. The predicted molar refractivity (Wildman–Crippen MR) is 87.3 cm³/mol. The van der Waals surface area contributed by atoms with E-state index in [-0.39, 0.29) is 5.91 Å². The summed E-state index contributed by atoms with van der Waals surface area (Å²) in [4.78, 5) is 16.8. The number of anilines is 1. The number of aromatic nitrogens is 1. The van der Waals surface area contributed by atoms with E-state index in [2.05, 4.69) is 10.3 Å². The Bertz CT molecular complexity index is 810. The monoisotopic (exact) mass is 292 g/mol. The van der Waals surface area contributed by atoms with Crippen LogP contribution in [0.3, 0.4) is 0 Å². The molecule has 0 spiro atoms. The van der Waals surface area contributed by atoms with E-state index in [9.17, 15) is 4.79 Å². The topological polar surface area (TPSA) is 51.2 Å². The van der Waals surface area contributed by atoms with Crippen molar-refractivity contribution in [1.82, 2.24) is 4.98 Å². The number of ether oxygens (including phenoxy) is 1. The Kier molecular flexibility index (Phi) is 4.01. The van der Waals surface area contributed by atoms with Gasteiger partial charge in [0.2, 0.25) is 0 Å². The van der Waals surface area contributed by atoms with Gasteiger partial charge in [-0.15, -0.1) is 0 Å². The molecule has 22 heavy (non-hydrogen) atoms. The summed E-state index contributed by atoms with van der Waals surface area (Å²) in [5.74, 6) is 0.505. The second-order valence-corrected chi connectivity index (χ2v) is 4.80. The minimum absolute atomic E-state index is 0.181. The van der Waals surface area contributed by atoms with Gasteiger partial charge < -0.3 is 10.1 Å². The highest BCUT2D eigenvalue weighted by molar-refractivity contribution is 6.08. The van der Waals surface area contributed by atoms with E-state index in [0.717, 1.165) is 10.9 Å². The average molecular weight is 292 g/mol. The van der Waals surface area contributed by atoms with E-state index in [0.29, 0.717) is 23.6 Å². The molecule has 1 N–H and O–H groups in total. The molecule has 110 valence electrons. The molecule has 0 aliphatic heterocycles. The molecule has 0 unspecified atom stereocenters. The van der Waals surface area contributed by atoms with Gasteiger partial charge in [0.05, 0.1) is 17.8 Å². The molecule has 4 nitrogen and oxygen atoms in total. The molecule has 0 atom stereocenters. The molecule has 0 aliphatic rings. The number of hydrogen-bond donors (Lipinski definition) is 1. The summed E-state index contributed by atoms with van der Waals surface area (Å²) >= 11 is 0. The van der Waals surface area contributed by atoms with Crippen molar-refractivity contribution in [2.45, 2.75) is 6.92 Å².